The van der Waals surface area contributed by atoms with Crippen LogP contribution >= 0.6 is 11.8 Å². The van der Waals surface area contributed by atoms with Crippen molar-refractivity contribution in [3.8, 4) is 0 Å². The number of anilines is 1. The van der Waals surface area contributed by atoms with Gasteiger partial charge in [0, 0.05) is 24.2 Å². The van der Waals surface area contributed by atoms with Crippen molar-refractivity contribution in [3.63, 3.8) is 0 Å². The van der Waals surface area contributed by atoms with E-state index in [4.69, 9.17) is 0 Å². The van der Waals surface area contributed by atoms with Gasteiger partial charge in [-0.15, -0.1) is 10.2 Å². The van der Waals surface area contributed by atoms with Gasteiger partial charge in [0.25, 0.3) is 0 Å². The molecule has 1 N–H and O–H groups in total. The average molecular weight is 223 g/mol. The largest absolute Gasteiger partial charge is 0.366 e. The van der Waals surface area contributed by atoms with Crippen molar-refractivity contribution in [1.82, 2.24) is 19.6 Å². The monoisotopic (exact) mass is 223 g/mol. The summed E-state index contributed by atoms with van der Waals surface area (Å²) in [6.07, 6.45) is 7.33. The standard InChI is InChI=1S/C9H13N5S/c1-7(15-2)5-11-8-9-13-12-6-14(9)4-3-10-8/h3-4,6-7H,5H2,1-2H3,(H,10,11). The second-order valence-electron chi connectivity index (χ2n) is 3.26. The first-order valence-electron chi connectivity index (χ1n) is 4.72. The first-order chi connectivity index (χ1) is 7.31. The summed E-state index contributed by atoms with van der Waals surface area (Å²) in [6, 6.07) is 0. The van der Waals surface area contributed by atoms with Crippen LogP contribution in [0.15, 0.2) is 18.7 Å². The van der Waals surface area contributed by atoms with Gasteiger partial charge in [-0.2, -0.15) is 11.8 Å². The van der Waals surface area contributed by atoms with Crippen LogP contribution in [-0.2, 0) is 0 Å². The van der Waals surface area contributed by atoms with Crippen LogP contribution in [0.1, 0.15) is 6.92 Å². The normalized spacial score (nSPS) is 12.9. The van der Waals surface area contributed by atoms with Gasteiger partial charge in [0.1, 0.15) is 6.33 Å². The van der Waals surface area contributed by atoms with Crippen LogP contribution in [-0.4, -0.2) is 37.6 Å². The summed E-state index contributed by atoms with van der Waals surface area (Å²) in [6.45, 7) is 3.04. The fourth-order valence-electron chi connectivity index (χ4n) is 1.21. The van der Waals surface area contributed by atoms with Crippen LogP contribution in [0.3, 0.4) is 0 Å². The molecule has 0 fully saturated rings. The third-order valence-corrected chi connectivity index (χ3v) is 3.15. The van der Waals surface area contributed by atoms with Crippen LogP contribution in [0.5, 0.6) is 0 Å². The van der Waals surface area contributed by atoms with Crippen LogP contribution < -0.4 is 5.32 Å². The lowest BCUT2D eigenvalue weighted by molar-refractivity contribution is 0.985. The highest BCUT2D eigenvalue weighted by atomic mass is 32.2. The third-order valence-electron chi connectivity index (χ3n) is 2.18. The number of thioether (sulfide) groups is 1. The van der Waals surface area contributed by atoms with Crippen molar-refractivity contribution in [3.05, 3.63) is 18.7 Å². The summed E-state index contributed by atoms with van der Waals surface area (Å²) in [5, 5.41) is 11.7. The summed E-state index contributed by atoms with van der Waals surface area (Å²) in [4.78, 5) is 4.24. The predicted molar refractivity (Wildman–Crippen MR) is 62.2 cm³/mol. The van der Waals surface area contributed by atoms with E-state index in [2.05, 4.69) is 33.7 Å². The van der Waals surface area contributed by atoms with E-state index in [1.807, 2.05) is 22.4 Å². The van der Waals surface area contributed by atoms with Crippen LogP contribution in [0.4, 0.5) is 5.82 Å². The Hall–Kier alpha value is -1.30. The lowest BCUT2D eigenvalue weighted by Crippen LogP contribution is -2.14. The van der Waals surface area contributed by atoms with E-state index in [-0.39, 0.29) is 0 Å². The predicted octanol–water partition coefficient (Wildman–Crippen LogP) is 1.29. The van der Waals surface area contributed by atoms with Gasteiger partial charge in [-0.1, -0.05) is 6.92 Å². The Morgan fingerprint density at radius 3 is 3.27 bits per heavy atom. The van der Waals surface area contributed by atoms with Gasteiger partial charge in [0.05, 0.1) is 0 Å². The number of hydrogen-bond donors (Lipinski definition) is 1. The zero-order chi connectivity index (χ0) is 10.7. The highest BCUT2D eigenvalue weighted by molar-refractivity contribution is 7.99. The molecule has 0 radical (unpaired) electrons. The van der Waals surface area contributed by atoms with Crippen molar-refractivity contribution in [2.45, 2.75) is 12.2 Å². The zero-order valence-corrected chi connectivity index (χ0v) is 9.53. The Bertz CT molecular complexity index is 441. The molecule has 2 rings (SSSR count). The molecule has 2 heterocycles. The fraction of sp³-hybridized carbons (Fsp3) is 0.444. The molecule has 1 unspecified atom stereocenters. The Kier molecular flexibility index (Phi) is 3.05. The van der Waals surface area contributed by atoms with Gasteiger partial charge in [-0.05, 0) is 6.26 Å². The molecule has 0 aliphatic heterocycles. The maximum Gasteiger partial charge on any atom is 0.203 e. The first kappa shape index (κ1) is 10.2. The number of hydrogen-bond acceptors (Lipinski definition) is 5. The van der Waals surface area contributed by atoms with E-state index in [0.717, 1.165) is 18.0 Å². The minimum Gasteiger partial charge on any atom is -0.366 e. The van der Waals surface area contributed by atoms with Crippen LogP contribution in [0.25, 0.3) is 5.65 Å². The molecule has 0 bridgehead atoms. The van der Waals surface area contributed by atoms with Crippen molar-refractivity contribution in [2.75, 3.05) is 18.1 Å². The minimum absolute atomic E-state index is 0.551. The molecule has 80 valence electrons. The molecule has 0 saturated heterocycles. The molecule has 1 atom stereocenters. The van der Waals surface area contributed by atoms with Gasteiger partial charge in [0.15, 0.2) is 5.82 Å². The van der Waals surface area contributed by atoms with Crippen molar-refractivity contribution in [1.29, 1.82) is 0 Å². The van der Waals surface area contributed by atoms with E-state index in [1.54, 1.807) is 12.5 Å². The van der Waals surface area contributed by atoms with E-state index in [0.29, 0.717) is 5.25 Å². The van der Waals surface area contributed by atoms with Crippen LogP contribution in [0, 0.1) is 0 Å². The number of nitrogens with zero attached hydrogens (tertiary/aromatic N) is 4. The highest BCUT2D eigenvalue weighted by Gasteiger charge is 2.05. The number of rotatable bonds is 4. The molecule has 0 aliphatic rings. The summed E-state index contributed by atoms with van der Waals surface area (Å²) in [7, 11) is 0. The molecule has 15 heavy (non-hydrogen) atoms. The second kappa shape index (κ2) is 4.48. The topological polar surface area (TPSA) is 55.1 Å². The van der Waals surface area contributed by atoms with Crippen molar-refractivity contribution < 1.29 is 0 Å². The molecule has 6 heteroatoms. The first-order valence-corrected chi connectivity index (χ1v) is 6.01. The minimum atomic E-state index is 0.551. The molecule has 2 aromatic heterocycles. The molecule has 0 aromatic carbocycles. The summed E-state index contributed by atoms with van der Waals surface area (Å²) < 4.78 is 1.85. The lowest BCUT2D eigenvalue weighted by atomic mass is 10.4. The Labute approximate surface area is 92.3 Å². The third kappa shape index (κ3) is 2.20. The Balaban J connectivity index is 2.17. The van der Waals surface area contributed by atoms with E-state index in [1.165, 1.54) is 0 Å². The number of aromatic nitrogens is 4. The number of fused-ring (bicyclic) bond motifs is 1. The molecule has 2 aromatic rings. The fourth-order valence-corrected chi connectivity index (χ4v) is 1.46. The van der Waals surface area contributed by atoms with Gasteiger partial charge in [0.2, 0.25) is 5.65 Å². The van der Waals surface area contributed by atoms with E-state index < -0.39 is 0 Å². The second-order valence-corrected chi connectivity index (χ2v) is 4.54. The molecule has 5 nitrogen and oxygen atoms in total. The molecule has 0 aliphatic carbocycles. The lowest BCUT2D eigenvalue weighted by Gasteiger charge is -2.10. The summed E-state index contributed by atoms with van der Waals surface area (Å²) in [5.41, 5.74) is 0.769. The van der Waals surface area contributed by atoms with Gasteiger partial charge in [-0.3, -0.25) is 4.40 Å². The van der Waals surface area contributed by atoms with Gasteiger partial charge >= 0.3 is 0 Å². The van der Waals surface area contributed by atoms with Crippen molar-refractivity contribution >= 4 is 23.2 Å². The van der Waals surface area contributed by atoms with E-state index in [9.17, 15) is 0 Å². The van der Waals surface area contributed by atoms with Crippen LogP contribution in [0.2, 0.25) is 0 Å². The van der Waals surface area contributed by atoms with Crippen molar-refractivity contribution in [2.24, 2.45) is 0 Å². The SMILES string of the molecule is CSC(C)CNc1nccn2cnnc12. The van der Waals surface area contributed by atoms with Gasteiger partial charge in [-0.25, -0.2) is 4.98 Å². The van der Waals surface area contributed by atoms with E-state index >= 15 is 0 Å². The smallest absolute Gasteiger partial charge is 0.203 e. The maximum absolute atomic E-state index is 4.24. The molecule has 0 amide bonds. The van der Waals surface area contributed by atoms with Gasteiger partial charge < -0.3 is 5.32 Å². The molecule has 0 saturated carbocycles. The molecular weight excluding hydrogens is 210 g/mol. The molecular formula is C9H13N5S. The highest BCUT2D eigenvalue weighted by Crippen LogP contribution is 2.11. The summed E-state index contributed by atoms with van der Waals surface area (Å²) >= 11 is 1.82. The summed E-state index contributed by atoms with van der Waals surface area (Å²) in [5.74, 6) is 0.788. The number of nitrogens with one attached hydrogen (secondary N) is 1. The quantitative estimate of drug-likeness (QED) is 0.846. The molecule has 0 spiro atoms. The zero-order valence-electron chi connectivity index (χ0n) is 8.71. The Morgan fingerprint density at radius 1 is 1.60 bits per heavy atom. The Morgan fingerprint density at radius 2 is 2.47 bits per heavy atom. The average Bonchev–Trinajstić information content (AvgIpc) is 2.74. The maximum atomic E-state index is 4.24.